The average molecular weight is 308 g/mol. The molecule has 1 aromatic rings. The second kappa shape index (κ2) is 7.35. The fourth-order valence-electron chi connectivity index (χ4n) is 2.76. The number of aliphatic hydroxyl groups excluding tert-OH is 1. The van der Waals surface area contributed by atoms with Crippen molar-refractivity contribution in [1.82, 2.24) is 10.2 Å². The summed E-state index contributed by atoms with van der Waals surface area (Å²) in [6, 6.07) is 5.11. The van der Waals surface area contributed by atoms with Gasteiger partial charge < -0.3 is 15.3 Å². The Hall–Kier alpha value is -1.95. The molecule has 22 heavy (non-hydrogen) atoms. The van der Waals surface area contributed by atoms with Crippen LogP contribution < -0.4 is 5.32 Å². The van der Waals surface area contributed by atoms with Gasteiger partial charge >= 0.3 is 0 Å². The molecule has 0 aliphatic carbocycles. The highest BCUT2D eigenvalue weighted by Crippen LogP contribution is 2.19. The lowest BCUT2D eigenvalue weighted by atomic mass is 9.98. The number of carbonyl (C=O) groups excluding carboxylic acids is 2. The number of likely N-dealkylation sites (tertiary alicyclic amines) is 1. The van der Waals surface area contributed by atoms with Gasteiger partial charge in [-0.1, -0.05) is 6.07 Å². The van der Waals surface area contributed by atoms with Gasteiger partial charge in [-0.05, 0) is 44.4 Å². The van der Waals surface area contributed by atoms with Crippen molar-refractivity contribution in [3.8, 4) is 0 Å². The Morgan fingerprint density at radius 2 is 2.23 bits per heavy atom. The normalized spacial score (nSPS) is 19.6. The lowest BCUT2D eigenvalue weighted by Gasteiger charge is -2.37. The van der Waals surface area contributed by atoms with Crippen molar-refractivity contribution in [2.24, 2.45) is 0 Å². The number of rotatable bonds is 4. The van der Waals surface area contributed by atoms with Gasteiger partial charge in [0, 0.05) is 12.1 Å². The van der Waals surface area contributed by atoms with Gasteiger partial charge in [-0.15, -0.1) is 0 Å². The number of amides is 2. The molecule has 1 aliphatic rings. The highest BCUT2D eigenvalue weighted by atomic mass is 19.1. The topological polar surface area (TPSA) is 69.6 Å². The van der Waals surface area contributed by atoms with Gasteiger partial charge in [0.15, 0.2) is 0 Å². The van der Waals surface area contributed by atoms with Crippen molar-refractivity contribution in [3.05, 3.63) is 35.6 Å². The van der Waals surface area contributed by atoms with E-state index in [1.165, 1.54) is 18.2 Å². The van der Waals surface area contributed by atoms with Crippen LogP contribution in [0.2, 0.25) is 0 Å². The van der Waals surface area contributed by atoms with Crippen LogP contribution in [-0.4, -0.2) is 47.1 Å². The van der Waals surface area contributed by atoms with E-state index in [1.54, 1.807) is 11.8 Å². The monoisotopic (exact) mass is 308 g/mol. The number of hydrogen-bond donors (Lipinski definition) is 2. The molecule has 1 aromatic carbocycles. The zero-order valence-corrected chi connectivity index (χ0v) is 12.6. The van der Waals surface area contributed by atoms with Crippen LogP contribution in [0.1, 0.15) is 36.5 Å². The van der Waals surface area contributed by atoms with E-state index >= 15 is 0 Å². The molecule has 0 saturated carbocycles. The largest absolute Gasteiger partial charge is 0.391 e. The first-order valence-electron chi connectivity index (χ1n) is 7.50. The molecule has 2 N–H and O–H groups in total. The van der Waals surface area contributed by atoms with Crippen molar-refractivity contribution < 1.29 is 19.1 Å². The summed E-state index contributed by atoms with van der Waals surface area (Å²) in [6.07, 6.45) is 2.05. The molecule has 6 heteroatoms. The molecule has 2 atom stereocenters. The number of piperidine rings is 1. The fourth-order valence-corrected chi connectivity index (χ4v) is 2.76. The Bertz CT molecular complexity index is 548. The number of nitrogens with zero attached hydrogens (tertiary/aromatic N) is 1. The molecule has 2 rings (SSSR count). The zero-order chi connectivity index (χ0) is 16.1. The Kier molecular flexibility index (Phi) is 5.49. The van der Waals surface area contributed by atoms with Crippen molar-refractivity contribution in [2.75, 3.05) is 13.1 Å². The number of hydrogen-bond acceptors (Lipinski definition) is 3. The molecule has 0 bridgehead atoms. The van der Waals surface area contributed by atoms with Gasteiger partial charge in [0.05, 0.1) is 18.7 Å². The van der Waals surface area contributed by atoms with Crippen molar-refractivity contribution in [3.63, 3.8) is 0 Å². The van der Waals surface area contributed by atoms with Gasteiger partial charge in [-0.25, -0.2) is 4.39 Å². The van der Waals surface area contributed by atoms with Crippen molar-refractivity contribution in [2.45, 2.75) is 38.3 Å². The lowest BCUT2D eigenvalue weighted by molar-refractivity contribution is -0.136. The van der Waals surface area contributed by atoms with E-state index < -0.39 is 17.8 Å². The summed E-state index contributed by atoms with van der Waals surface area (Å²) >= 11 is 0. The average Bonchev–Trinajstić information content (AvgIpc) is 2.52. The predicted octanol–water partition coefficient (Wildman–Crippen LogP) is 1.32. The van der Waals surface area contributed by atoms with E-state index in [4.69, 9.17) is 0 Å². The third-order valence-corrected chi connectivity index (χ3v) is 3.91. The molecular weight excluding hydrogens is 287 g/mol. The third-order valence-electron chi connectivity index (χ3n) is 3.91. The molecule has 0 radical (unpaired) electrons. The van der Waals surface area contributed by atoms with Crippen LogP contribution in [0.25, 0.3) is 0 Å². The standard InChI is InChI=1S/C16H21FN2O3/c1-11(20)14-7-2-3-8-19(14)15(21)10-18-16(22)12-5-4-6-13(17)9-12/h4-6,9,11,14,20H,2-3,7-8,10H2,1H3,(H,18,22)/t11-,14-/m1/s1. The van der Waals surface area contributed by atoms with Crippen molar-refractivity contribution in [1.29, 1.82) is 0 Å². The summed E-state index contributed by atoms with van der Waals surface area (Å²) in [5.74, 6) is -1.21. The molecule has 0 unspecified atom stereocenters. The van der Waals surface area contributed by atoms with Gasteiger partial charge in [-0.2, -0.15) is 0 Å². The molecule has 1 heterocycles. The first-order chi connectivity index (χ1) is 10.5. The maximum absolute atomic E-state index is 13.1. The molecule has 1 fully saturated rings. The first kappa shape index (κ1) is 16.4. The first-order valence-corrected chi connectivity index (χ1v) is 7.50. The molecule has 1 aliphatic heterocycles. The Labute approximate surface area is 129 Å². The van der Waals surface area contributed by atoms with Gasteiger partial charge in [0.25, 0.3) is 5.91 Å². The quantitative estimate of drug-likeness (QED) is 0.881. The second-order valence-corrected chi connectivity index (χ2v) is 5.58. The summed E-state index contributed by atoms with van der Waals surface area (Å²) in [5.41, 5.74) is 0.179. The summed E-state index contributed by atoms with van der Waals surface area (Å²) < 4.78 is 13.1. The van der Waals surface area contributed by atoms with Gasteiger partial charge in [0.1, 0.15) is 5.82 Å². The van der Waals surface area contributed by atoms with Crippen LogP contribution in [0.4, 0.5) is 4.39 Å². The van der Waals surface area contributed by atoms with E-state index in [9.17, 15) is 19.1 Å². The van der Waals surface area contributed by atoms with Gasteiger partial charge in [-0.3, -0.25) is 9.59 Å². The molecule has 120 valence electrons. The SMILES string of the molecule is C[C@@H](O)[C@H]1CCCCN1C(=O)CNC(=O)c1cccc(F)c1. The fraction of sp³-hybridized carbons (Fsp3) is 0.500. The number of benzene rings is 1. The molecule has 2 amide bonds. The van der Waals surface area contributed by atoms with Gasteiger partial charge in [0.2, 0.25) is 5.91 Å². The van der Waals surface area contributed by atoms with Crippen LogP contribution in [0.3, 0.4) is 0 Å². The third kappa shape index (κ3) is 4.04. The Balaban J connectivity index is 1.92. The van der Waals surface area contributed by atoms with Crippen LogP contribution >= 0.6 is 0 Å². The van der Waals surface area contributed by atoms with E-state index in [1.807, 2.05) is 0 Å². The van der Waals surface area contributed by atoms with E-state index in [2.05, 4.69) is 5.32 Å². The second-order valence-electron chi connectivity index (χ2n) is 5.58. The van der Waals surface area contributed by atoms with Crippen LogP contribution in [0, 0.1) is 5.82 Å². The summed E-state index contributed by atoms with van der Waals surface area (Å²) in [6.45, 7) is 2.10. The number of carbonyl (C=O) groups is 2. The lowest BCUT2D eigenvalue weighted by Crippen LogP contribution is -2.51. The summed E-state index contributed by atoms with van der Waals surface area (Å²) in [4.78, 5) is 25.8. The van der Waals surface area contributed by atoms with Crippen LogP contribution in [0.15, 0.2) is 24.3 Å². The highest BCUT2D eigenvalue weighted by molar-refractivity contribution is 5.96. The van der Waals surface area contributed by atoms with Crippen LogP contribution in [0.5, 0.6) is 0 Å². The minimum absolute atomic E-state index is 0.154. The molecule has 5 nitrogen and oxygen atoms in total. The van der Waals surface area contributed by atoms with E-state index in [0.717, 1.165) is 25.3 Å². The minimum atomic E-state index is -0.594. The van der Waals surface area contributed by atoms with E-state index in [-0.39, 0.29) is 24.1 Å². The maximum Gasteiger partial charge on any atom is 0.251 e. The highest BCUT2D eigenvalue weighted by Gasteiger charge is 2.29. The Morgan fingerprint density at radius 1 is 1.45 bits per heavy atom. The predicted molar refractivity (Wildman–Crippen MR) is 79.8 cm³/mol. The molecule has 0 aromatic heterocycles. The van der Waals surface area contributed by atoms with Crippen molar-refractivity contribution >= 4 is 11.8 Å². The summed E-state index contributed by atoms with van der Waals surface area (Å²) in [5, 5.41) is 12.3. The number of nitrogens with one attached hydrogen (secondary N) is 1. The van der Waals surface area contributed by atoms with E-state index in [0.29, 0.717) is 6.54 Å². The molecule has 0 spiro atoms. The summed E-state index contributed by atoms with van der Waals surface area (Å²) in [7, 11) is 0. The molecular formula is C16H21FN2O3. The zero-order valence-electron chi connectivity index (χ0n) is 12.6. The molecule has 1 saturated heterocycles. The van der Waals surface area contributed by atoms with Crippen LogP contribution in [-0.2, 0) is 4.79 Å². The minimum Gasteiger partial charge on any atom is -0.391 e. The Morgan fingerprint density at radius 3 is 2.91 bits per heavy atom. The smallest absolute Gasteiger partial charge is 0.251 e. The number of aliphatic hydroxyl groups is 1. The number of halogens is 1. The maximum atomic E-state index is 13.1.